The van der Waals surface area contributed by atoms with Gasteiger partial charge in [0, 0.05) is 24.5 Å². The minimum absolute atomic E-state index is 0.00912. The fourth-order valence-corrected chi connectivity index (χ4v) is 4.27. The molecule has 1 amide bonds. The number of rotatable bonds is 12. The van der Waals surface area contributed by atoms with E-state index in [-0.39, 0.29) is 12.5 Å². The predicted octanol–water partition coefficient (Wildman–Crippen LogP) is 5.90. The molecule has 0 radical (unpaired) electrons. The number of ether oxygens (including phenoxy) is 2. The molecule has 6 nitrogen and oxygen atoms in total. The molecule has 4 rings (SSSR count). The first-order chi connectivity index (χ1) is 17.5. The zero-order valence-electron chi connectivity index (χ0n) is 20.8. The van der Waals surface area contributed by atoms with E-state index in [9.17, 15) is 4.79 Å². The Bertz CT molecular complexity index is 1280. The molecule has 0 bridgehead atoms. The Kier molecular flexibility index (Phi) is 8.85. The van der Waals surface area contributed by atoms with E-state index < -0.39 is 0 Å². The number of amides is 1. The highest BCUT2D eigenvalue weighted by Crippen LogP contribution is 2.26. The van der Waals surface area contributed by atoms with Crippen LogP contribution in [0.1, 0.15) is 29.8 Å². The molecular weight excluding hydrogens is 474 g/mol. The third kappa shape index (κ3) is 6.79. The summed E-state index contributed by atoms with van der Waals surface area (Å²) in [5, 5.41) is 3.72. The number of halogens is 1. The number of aryl methyl sites for hydroxylation is 4. The first-order valence-electron chi connectivity index (χ1n) is 12.3. The van der Waals surface area contributed by atoms with Crippen molar-refractivity contribution in [3.8, 4) is 11.5 Å². The van der Waals surface area contributed by atoms with Gasteiger partial charge in [-0.1, -0.05) is 41.9 Å². The molecule has 0 aliphatic carbocycles. The van der Waals surface area contributed by atoms with Crippen LogP contribution < -0.4 is 14.8 Å². The van der Waals surface area contributed by atoms with Crippen molar-refractivity contribution in [3.63, 3.8) is 0 Å². The van der Waals surface area contributed by atoms with E-state index in [2.05, 4.69) is 16.0 Å². The fraction of sp³-hybridized carbons (Fsp3) is 0.310. The summed E-state index contributed by atoms with van der Waals surface area (Å²) in [6.45, 7) is 5.96. The number of imidazole rings is 1. The lowest BCUT2D eigenvalue weighted by Crippen LogP contribution is -2.30. The van der Waals surface area contributed by atoms with Crippen LogP contribution in [0.3, 0.4) is 0 Å². The Balaban J connectivity index is 1.27. The quantitative estimate of drug-likeness (QED) is 0.243. The summed E-state index contributed by atoms with van der Waals surface area (Å²) in [5.74, 6) is 2.42. The molecule has 1 N–H and O–H groups in total. The SMILES string of the molecule is Cc1cc(OCCCn2c(CCCNC(=O)COc3ccccc3)nc3ccccc32)cc(C)c1Cl. The van der Waals surface area contributed by atoms with E-state index in [0.717, 1.165) is 64.6 Å². The fourth-order valence-electron chi connectivity index (χ4n) is 4.16. The summed E-state index contributed by atoms with van der Waals surface area (Å²) < 4.78 is 13.8. The summed E-state index contributed by atoms with van der Waals surface area (Å²) in [6, 6.07) is 21.5. The van der Waals surface area contributed by atoms with Crippen molar-refractivity contribution in [3.05, 3.63) is 88.7 Å². The van der Waals surface area contributed by atoms with Crippen LogP contribution in [0, 0.1) is 13.8 Å². The highest BCUT2D eigenvalue weighted by molar-refractivity contribution is 6.32. The molecule has 0 aliphatic rings. The van der Waals surface area contributed by atoms with Gasteiger partial charge in [0.2, 0.25) is 0 Å². The van der Waals surface area contributed by atoms with Crippen LogP contribution in [0.2, 0.25) is 5.02 Å². The van der Waals surface area contributed by atoms with Crippen molar-refractivity contribution in [1.82, 2.24) is 14.9 Å². The van der Waals surface area contributed by atoms with E-state index in [1.807, 2.05) is 74.5 Å². The van der Waals surface area contributed by atoms with E-state index in [1.165, 1.54) is 0 Å². The van der Waals surface area contributed by atoms with Gasteiger partial charge in [-0.15, -0.1) is 0 Å². The molecule has 3 aromatic carbocycles. The molecule has 0 saturated heterocycles. The summed E-state index contributed by atoms with van der Waals surface area (Å²) >= 11 is 6.27. The van der Waals surface area contributed by atoms with Crippen LogP contribution in [-0.2, 0) is 17.8 Å². The first kappa shape index (κ1) is 25.6. The van der Waals surface area contributed by atoms with Gasteiger partial charge >= 0.3 is 0 Å². The molecule has 1 aromatic heterocycles. The number of benzene rings is 3. The molecule has 188 valence electrons. The van der Waals surface area contributed by atoms with E-state index in [0.29, 0.717) is 18.9 Å². The smallest absolute Gasteiger partial charge is 0.257 e. The lowest BCUT2D eigenvalue weighted by Gasteiger charge is -2.12. The molecule has 0 aliphatic heterocycles. The monoisotopic (exact) mass is 505 g/mol. The molecule has 1 heterocycles. The van der Waals surface area contributed by atoms with Crippen molar-refractivity contribution in [1.29, 1.82) is 0 Å². The van der Waals surface area contributed by atoms with Crippen LogP contribution in [0.5, 0.6) is 11.5 Å². The second-order valence-corrected chi connectivity index (χ2v) is 9.17. The largest absolute Gasteiger partial charge is 0.494 e. The molecule has 0 spiro atoms. The second kappa shape index (κ2) is 12.5. The van der Waals surface area contributed by atoms with Crippen molar-refractivity contribution in [2.24, 2.45) is 0 Å². The highest BCUT2D eigenvalue weighted by atomic mass is 35.5. The Labute approximate surface area is 217 Å². The molecule has 36 heavy (non-hydrogen) atoms. The van der Waals surface area contributed by atoms with E-state index in [1.54, 1.807) is 0 Å². The van der Waals surface area contributed by atoms with Crippen LogP contribution in [0.25, 0.3) is 11.0 Å². The summed E-state index contributed by atoms with van der Waals surface area (Å²) in [5.41, 5.74) is 4.14. The van der Waals surface area contributed by atoms with Crippen molar-refractivity contribution < 1.29 is 14.3 Å². The summed E-state index contributed by atoms with van der Waals surface area (Å²) in [6.07, 6.45) is 2.41. The maximum Gasteiger partial charge on any atom is 0.257 e. The molecule has 7 heteroatoms. The van der Waals surface area contributed by atoms with Gasteiger partial charge in [0.25, 0.3) is 5.91 Å². The van der Waals surface area contributed by atoms with Crippen LogP contribution in [0.4, 0.5) is 0 Å². The second-order valence-electron chi connectivity index (χ2n) is 8.80. The van der Waals surface area contributed by atoms with E-state index >= 15 is 0 Å². The number of aromatic nitrogens is 2. The van der Waals surface area contributed by atoms with Crippen molar-refractivity contribution in [2.75, 3.05) is 19.8 Å². The average molecular weight is 506 g/mol. The zero-order valence-corrected chi connectivity index (χ0v) is 21.6. The number of hydrogen-bond donors (Lipinski definition) is 1. The number of para-hydroxylation sites is 3. The molecule has 0 atom stereocenters. The normalized spacial score (nSPS) is 11.0. The number of nitrogens with zero attached hydrogens (tertiary/aromatic N) is 2. The standard InChI is InChI=1S/C29H32ClN3O3/c1-21-18-24(19-22(2)29(21)30)35-17-9-16-33-26-13-7-6-12-25(26)32-27(33)14-8-15-31-28(34)20-36-23-10-4-3-5-11-23/h3-7,10-13,18-19H,8-9,14-17,20H2,1-2H3,(H,31,34). The van der Waals surface area contributed by atoms with Gasteiger partial charge in [0.1, 0.15) is 17.3 Å². The number of carbonyl (C=O) groups excluding carboxylic acids is 1. The van der Waals surface area contributed by atoms with Gasteiger partial charge in [-0.3, -0.25) is 4.79 Å². The minimum atomic E-state index is -0.128. The lowest BCUT2D eigenvalue weighted by atomic mass is 10.1. The topological polar surface area (TPSA) is 65.4 Å². The molecule has 0 saturated carbocycles. The highest BCUT2D eigenvalue weighted by Gasteiger charge is 2.11. The summed E-state index contributed by atoms with van der Waals surface area (Å²) in [4.78, 5) is 17.0. The number of nitrogens with one attached hydrogen (secondary N) is 1. The maximum atomic E-state index is 12.1. The maximum absolute atomic E-state index is 12.1. The van der Waals surface area contributed by atoms with Crippen LogP contribution in [0.15, 0.2) is 66.7 Å². The van der Waals surface area contributed by atoms with E-state index in [4.69, 9.17) is 26.1 Å². The average Bonchev–Trinajstić information content (AvgIpc) is 3.24. The molecular formula is C29H32ClN3O3. The van der Waals surface area contributed by atoms with Gasteiger partial charge in [-0.2, -0.15) is 0 Å². The Hall–Kier alpha value is -3.51. The van der Waals surface area contributed by atoms with Gasteiger partial charge < -0.3 is 19.4 Å². The predicted molar refractivity (Wildman–Crippen MR) is 144 cm³/mol. The molecule has 4 aromatic rings. The number of fused-ring (bicyclic) bond motifs is 1. The number of hydrogen-bond acceptors (Lipinski definition) is 4. The van der Waals surface area contributed by atoms with Crippen LogP contribution in [-0.4, -0.2) is 35.2 Å². The minimum Gasteiger partial charge on any atom is -0.494 e. The van der Waals surface area contributed by atoms with Gasteiger partial charge in [0.05, 0.1) is 17.6 Å². The third-order valence-corrected chi connectivity index (χ3v) is 6.55. The third-order valence-electron chi connectivity index (χ3n) is 5.95. The molecule has 0 unspecified atom stereocenters. The summed E-state index contributed by atoms with van der Waals surface area (Å²) in [7, 11) is 0. The first-order valence-corrected chi connectivity index (χ1v) is 12.7. The van der Waals surface area contributed by atoms with Crippen LogP contribution >= 0.6 is 11.6 Å². The lowest BCUT2D eigenvalue weighted by molar-refractivity contribution is -0.123. The van der Waals surface area contributed by atoms with Gasteiger partial charge in [0.15, 0.2) is 6.61 Å². The van der Waals surface area contributed by atoms with Crippen molar-refractivity contribution in [2.45, 2.75) is 39.7 Å². The Morgan fingerprint density at radius 3 is 2.44 bits per heavy atom. The van der Waals surface area contributed by atoms with Gasteiger partial charge in [-0.25, -0.2) is 4.98 Å². The van der Waals surface area contributed by atoms with Gasteiger partial charge in [-0.05, 0) is 74.2 Å². The van der Waals surface area contributed by atoms with Crippen molar-refractivity contribution >= 4 is 28.5 Å². The zero-order chi connectivity index (χ0) is 25.3. The Morgan fingerprint density at radius 2 is 1.67 bits per heavy atom. The number of carbonyl (C=O) groups is 1. The Morgan fingerprint density at radius 1 is 0.944 bits per heavy atom. The molecule has 0 fully saturated rings.